The molecule has 0 aliphatic carbocycles. The van der Waals surface area contributed by atoms with E-state index in [0.29, 0.717) is 6.42 Å². The van der Waals surface area contributed by atoms with Crippen molar-refractivity contribution in [3.05, 3.63) is 35.4 Å². The third-order valence-electron chi connectivity index (χ3n) is 2.84. The van der Waals surface area contributed by atoms with E-state index >= 15 is 0 Å². The van der Waals surface area contributed by atoms with Crippen LogP contribution in [0.3, 0.4) is 0 Å². The molecule has 1 aromatic rings. The minimum Gasteiger partial charge on any atom is -0.384 e. The first-order valence-corrected chi connectivity index (χ1v) is 5.93. The van der Waals surface area contributed by atoms with E-state index < -0.39 is 0 Å². The van der Waals surface area contributed by atoms with Crippen molar-refractivity contribution in [3.8, 4) is 17.9 Å². The second kappa shape index (κ2) is 7.50. The van der Waals surface area contributed by atoms with Gasteiger partial charge in [0, 0.05) is 18.2 Å². The number of aliphatic hydroxyl groups is 1. The van der Waals surface area contributed by atoms with Crippen LogP contribution in [0, 0.1) is 23.2 Å². The predicted molar refractivity (Wildman–Crippen MR) is 71.6 cm³/mol. The van der Waals surface area contributed by atoms with E-state index in [1.807, 2.05) is 38.2 Å². The van der Waals surface area contributed by atoms with Crippen LogP contribution in [0.4, 0.5) is 0 Å². The Morgan fingerprint density at radius 2 is 2.00 bits per heavy atom. The molecule has 3 heteroatoms. The number of benzene rings is 1. The summed E-state index contributed by atoms with van der Waals surface area (Å²) in [6.45, 7) is 2.75. The van der Waals surface area contributed by atoms with Gasteiger partial charge in [-0.05, 0) is 31.7 Å². The van der Waals surface area contributed by atoms with Gasteiger partial charge >= 0.3 is 0 Å². The van der Waals surface area contributed by atoms with E-state index in [2.05, 4.69) is 22.8 Å². The van der Waals surface area contributed by atoms with Gasteiger partial charge in [0.2, 0.25) is 0 Å². The minimum atomic E-state index is -0.115. The lowest BCUT2D eigenvalue weighted by Crippen LogP contribution is -2.28. The molecule has 0 aliphatic heterocycles. The first-order valence-electron chi connectivity index (χ1n) is 5.93. The fourth-order valence-electron chi connectivity index (χ4n) is 1.57. The molecule has 0 radical (unpaired) electrons. The van der Waals surface area contributed by atoms with E-state index in [0.717, 1.165) is 12.1 Å². The Morgan fingerprint density at radius 1 is 1.33 bits per heavy atom. The quantitative estimate of drug-likeness (QED) is 0.818. The van der Waals surface area contributed by atoms with Crippen molar-refractivity contribution in [3.63, 3.8) is 0 Å². The van der Waals surface area contributed by atoms with Gasteiger partial charge in [-0.15, -0.1) is 0 Å². The number of rotatable bonds is 4. The molecule has 1 N–H and O–H groups in total. The summed E-state index contributed by atoms with van der Waals surface area (Å²) in [5.41, 5.74) is 2.09. The summed E-state index contributed by atoms with van der Waals surface area (Å²) < 4.78 is 0. The third-order valence-corrected chi connectivity index (χ3v) is 2.84. The average molecular weight is 242 g/mol. The molecular weight excluding hydrogens is 224 g/mol. The normalized spacial score (nSPS) is 11.5. The number of nitriles is 1. The van der Waals surface area contributed by atoms with Crippen LogP contribution in [0.15, 0.2) is 24.3 Å². The van der Waals surface area contributed by atoms with Crippen LogP contribution in [0.2, 0.25) is 0 Å². The summed E-state index contributed by atoms with van der Waals surface area (Å²) in [5.74, 6) is 5.48. The Balaban J connectivity index is 2.61. The van der Waals surface area contributed by atoms with Crippen molar-refractivity contribution in [1.82, 2.24) is 4.90 Å². The van der Waals surface area contributed by atoms with Crippen molar-refractivity contribution >= 4 is 0 Å². The molecule has 0 saturated carbocycles. The maximum atomic E-state index is 8.66. The van der Waals surface area contributed by atoms with Gasteiger partial charge in [0.1, 0.15) is 6.61 Å². The highest BCUT2D eigenvalue weighted by Gasteiger charge is 2.08. The molecule has 3 nitrogen and oxygen atoms in total. The largest absolute Gasteiger partial charge is 0.384 e. The Morgan fingerprint density at radius 3 is 2.56 bits per heavy atom. The van der Waals surface area contributed by atoms with E-state index in [4.69, 9.17) is 10.4 Å². The topological polar surface area (TPSA) is 47.3 Å². The lowest BCUT2D eigenvalue weighted by atomic mass is 10.1. The zero-order chi connectivity index (χ0) is 13.4. The maximum absolute atomic E-state index is 8.66. The van der Waals surface area contributed by atoms with Gasteiger partial charge in [-0.1, -0.05) is 24.0 Å². The van der Waals surface area contributed by atoms with Crippen LogP contribution in [-0.2, 0) is 6.54 Å². The minimum absolute atomic E-state index is 0.115. The van der Waals surface area contributed by atoms with E-state index in [1.54, 1.807) is 0 Å². The van der Waals surface area contributed by atoms with Crippen molar-refractivity contribution in [2.24, 2.45) is 0 Å². The first kappa shape index (κ1) is 14.3. The first-order chi connectivity index (χ1) is 8.67. The maximum Gasteiger partial charge on any atom is 0.104 e. The molecule has 0 amide bonds. The van der Waals surface area contributed by atoms with Crippen molar-refractivity contribution in [1.29, 1.82) is 5.26 Å². The molecule has 1 rings (SSSR count). The second-order valence-corrected chi connectivity index (χ2v) is 4.28. The SMILES string of the molecule is CC(CC#N)N(C)Cc1ccc(C#CCO)cc1. The Kier molecular flexibility index (Phi) is 5.94. The summed E-state index contributed by atoms with van der Waals surface area (Å²) in [6.07, 6.45) is 0.538. The average Bonchev–Trinajstić information content (AvgIpc) is 2.38. The smallest absolute Gasteiger partial charge is 0.104 e. The van der Waals surface area contributed by atoms with Gasteiger partial charge in [0.05, 0.1) is 12.5 Å². The zero-order valence-corrected chi connectivity index (χ0v) is 10.8. The van der Waals surface area contributed by atoms with Crippen molar-refractivity contribution < 1.29 is 5.11 Å². The summed E-state index contributed by atoms with van der Waals surface area (Å²) in [7, 11) is 2.02. The number of hydrogen-bond donors (Lipinski definition) is 1. The molecule has 1 unspecified atom stereocenters. The number of aliphatic hydroxyl groups excluding tert-OH is 1. The molecule has 0 spiro atoms. The molecule has 1 atom stereocenters. The summed E-state index contributed by atoms with van der Waals surface area (Å²) in [5, 5.41) is 17.3. The Bertz CT molecular complexity index is 462. The van der Waals surface area contributed by atoms with Gasteiger partial charge < -0.3 is 5.11 Å². The van der Waals surface area contributed by atoms with Gasteiger partial charge in [-0.25, -0.2) is 0 Å². The summed E-state index contributed by atoms with van der Waals surface area (Å²) >= 11 is 0. The highest BCUT2D eigenvalue weighted by atomic mass is 16.2. The van der Waals surface area contributed by atoms with Crippen LogP contribution in [0.5, 0.6) is 0 Å². The van der Waals surface area contributed by atoms with E-state index in [1.165, 1.54) is 5.56 Å². The third kappa shape index (κ3) is 4.59. The van der Waals surface area contributed by atoms with Gasteiger partial charge in [0.25, 0.3) is 0 Å². The molecule has 18 heavy (non-hydrogen) atoms. The molecule has 0 bridgehead atoms. The van der Waals surface area contributed by atoms with Gasteiger partial charge in [-0.3, -0.25) is 4.90 Å². The molecule has 0 fully saturated rings. The second-order valence-electron chi connectivity index (χ2n) is 4.28. The number of nitrogens with zero attached hydrogens (tertiary/aromatic N) is 2. The molecule has 0 saturated heterocycles. The standard InChI is InChI=1S/C15H18N2O/c1-13(9-10-16)17(2)12-15-7-5-14(6-8-15)4-3-11-18/h5-8,13,18H,9,11-12H2,1-2H3. The van der Waals surface area contributed by atoms with Crippen molar-refractivity contribution in [2.45, 2.75) is 25.9 Å². The van der Waals surface area contributed by atoms with Crippen LogP contribution in [0.25, 0.3) is 0 Å². The molecule has 0 aliphatic rings. The number of hydrogen-bond acceptors (Lipinski definition) is 3. The van der Waals surface area contributed by atoms with Crippen LogP contribution in [0.1, 0.15) is 24.5 Å². The zero-order valence-electron chi connectivity index (χ0n) is 10.8. The fourth-order valence-corrected chi connectivity index (χ4v) is 1.57. The van der Waals surface area contributed by atoms with Crippen molar-refractivity contribution in [2.75, 3.05) is 13.7 Å². The van der Waals surface area contributed by atoms with E-state index in [-0.39, 0.29) is 12.6 Å². The van der Waals surface area contributed by atoms with Crippen LogP contribution in [-0.4, -0.2) is 29.7 Å². The molecule has 94 valence electrons. The van der Waals surface area contributed by atoms with Gasteiger partial charge in [0.15, 0.2) is 0 Å². The van der Waals surface area contributed by atoms with Crippen LogP contribution >= 0.6 is 0 Å². The highest BCUT2D eigenvalue weighted by Crippen LogP contribution is 2.09. The lowest BCUT2D eigenvalue weighted by Gasteiger charge is -2.22. The molecule has 0 heterocycles. The molecule has 0 aromatic heterocycles. The van der Waals surface area contributed by atoms with Crippen LogP contribution < -0.4 is 0 Å². The van der Waals surface area contributed by atoms with Gasteiger partial charge in [-0.2, -0.15) is 5.26 Å². The fraction of sp³-hybridized carbons (Fsp3) is 0.400. The molecular formula is C15H18N2O. The highest BCUT2D eigenvalue weighted by molar-refractivity contribution is 5.36. The van der Waals surface area contributed by atoms with E-state index in [9.17, 15) is 0 Å². The summed E-state index contributed by atoms with van der Waals surface area (Å²) in [6, 6.07) is 10.4. The Labute approximate surface area is 109 Å². The summed E-state index contributed by atoms with van der Waals surface area (Å²) in [4.78, 5) is 2.15. The lowest BCUT2D eigenvalue weighted by molar-refractivity contribution is 0.252. The monoisotopic (exact) mass is 242 g/mol. The predicted octanol–water partition coefficient (Wildman–Crippen LogP) is 1.76. The molecule has 1 aromatic carbocycles. The Hall–Kier alpha value is -1.81.